The number of hydrogen-bond acceptors (Lipinski definition) is 5. The first-order valence-corrected chi connectivity index (χ1v) is 11.1. The summed E-state index contributed by atoms with van der Waals surface area (Å²) in [7, 11) is -3.44. The van der Waals surface area contributed by atoms with Gasteiger partial charge < -0.3 is 4.57 Å². The molecule has 1 fully saturated rings. The lowest BCUT2D eigenvalue weighted by Crippen LogP contribution is -2.28. The van der Waals surface area contributed by atoms with E-state index in [1.165, 1.54) is 11.3 Å². The van der Waals surface area contributed by atoms with Gasteiger partial charge in [-0.1, -0.05) is 0 Å². The number of thiophene rings is 1. The van der Waals surface area contributed by atoms with Crippen LogP contribution in [0.2, 0.25) is 0 Å². The maximum Gasteiger partial charge on any atom is 0.252 e. The number of sulfonamides is 1. The Hall–Kier alpha value is -1.29. The smallest absolute Gasteiger partial charge is 0.252 e. The highest BCUT2D eigenvalue weighted by Crippen LogP contribution is 2.34. The minimum Gasteiger partial charge on any atom is -0.313 e. The number of fused-ring (bicyclic) bond motifs is 1. The molecule has 1 atom stereocenters. The highest BCUT2D eigenvalue weighted by atomic mass is 79.9. The second-order valence-electron chi connectivity index (χ2n) is 5.97. The summed E-state index contributed by atoms with van der Waals surface area (Å²) in [5, 5.41) is 0. The topological polar surface area (TPSA) is 68.1 Å². The molecule has 0 unspecified atom stereocenters. The van der Waals surface area contributed by atoms with Crippen LogP contribution in [0.4, 0.5) is 0 Å². The van der Waals surface area contributed by atoms with Crippen molar-refractivity contribution >= 4 is 48.5 Å². The second kappa shape index (κ2) is 6.46. The van der Waals surface area contributed by atoms with Crippen molar-refractivity contribution in [3.8, 4) is 0 Å². The first-order chi connectivity index (χ1) is 12.0. The van der Waals surface area contributed by atoms with Crippen molar-refractivity contribution in [3.05, 3.63) is 40.1 Å². The zero-order valence-corrected chi connectivity index (χ0v) is 16.8. The molecule has 0 aromatic carbocycles. The van der Waals surface area contributed by atoms with Gasteiger partial charge in [-0.05, 0) is 53.5 Å². The lowest BCUT2D eigenvalue weighted by Gasteiger charge is -2.15. The Kier molecular flexibility index (Phi) is 4.43. The van der Waals surface area contributed by atoms with E-state index in [1.54, 1.807) is 22.6 Å². The molecule has 25 heavy (non-hydrogen) atoms. The summed E-state index contributed by atoms with van der Waals surface area (Å²) in [5.41, 5.74) is 1.73. The monoisotopic (exact) mass is 440 g/mol. The lowest BCUT2D eigenvalue weighted by molar-refractivity contribution is 0.471. The Morgan fingerprint density at radius 2 is 2.20 bits per heavy atom. The number of rotatable bonds is 4. The van der Waals surface area contributed by atoms with Crippen LogP contribution >= 0.6 is 27.3 Å². The van der Waals surface area contributed by atoms with E-state index in [0.29, 0.717) is 17.3 Å². The molecule has 4 heterocycles. The number of imidazole rings is 1. The maximum absolute atomic E-state index is 12.8. The minimum absolute atomic E-state index is 0.0901. The second-order valence-corrected chi connectivity index (χ2v) is 10.6. The van der Waals surface area contributed by atoms with E-state index in [1.807, 2.05) is 12.1 Å². The van der Waals surface area contributed by atoms with E-state index in [4.69, 9.17) is 4.98 Å². The van der Waals surface area contributed by atoms with Gasteiger partial charge in [0, 0.05) is 31.7 Å². The van der Waals surface area contributed by atoms with E-state index in [2.05, 4.69) is 32.4 Å². The van der Waals surface area contributed by atoms with Gasteiger partial charge in [0.25, 0.3) is 10.0 Å². The molecule has 0 spiro atoms. The molecule has 0 aliphatic carbocycles. The number of pyridine rings is 1. The zero-order valence-electron chi connectivity index (χ0n) is 13.6. The van der Waals surface area contributed by atoms with Crippen LogP contribution in [0.3, 0.4) is 0 Å². The first-order valence-electron chi connectivity index (χ1n) is 8.07. The fourth-order valence-corrected chi connectivity index (χ4v) is 6.98. The standard InChI is InChI=1S/C16H17BrN4O2S2/c1-2-21-15(19-12-4-3-8-18-16(12)21)11-7-9-20(10-11)25(22,23)14-6-5-13(17)24-14/h3-6,8,11H,2,7,9-10H2,1H3/t11-/m0/s1. The largest absolute Gasteiger partial charge is 0.313 e. The summed E-state index contributed by atoms with van der Waals surface area (Å²) >= 11 is 4.58. The Morgan fingerprint density at radius 3 is 2.92 bits per heavy atom. The number of halogens is 1. The highest BCUT2D eigenvalue weighted by molar-refractivity contribution is 9.11. The Morgan fingerprint density at radius 1 is 1.36 bits per heavy atom. The van der Waals surface area contributed by atoms with Crippen molar-refractivity contribution in [2.45, 2.75) is 30.0 Å². The predicted molar refractivity (Wildman–Crippen MR) is 101 cm³/mol. The van der Waals surface area contributed by atoms with Crippen LogP contribution in [0.1, 0.15) is 25.1 Å². The fourth-order valence-electron chi connectivity index (χ4n) is 3.32. The summed E-state index contributed by atoms with van der Waals surface area (Å²) in [6, 6.07) is 7.25. The van der Waals surface area contributed by atoms with Crippen LogP contribution in [0.15, 0.2) is 38.5 Å². The van der Waals surface area contributed by atoms with Gasteiger partial charge in [-0.25, -0.2) is 18.4 Å². The van der Waals surface area contributed by atoms with Gasteiger partial charge >= 0.3 is 0 Å². The maximum atomic E-state index is 12.8. The third kappa shape index (κ3) is 2.92. The van der Waals surface area contributed by atoms with Crippen molar-refractivity contribution in [1.29, 1.82) is 0 Å². The van der Waals surface area contributed by atoms with Crippen LogP contribution in [0, 0.1) is 0 Å². The zero-order chi connectivity index (χ0) is 17.6. The Balaban J connectivity index is 1.65. The van der Waals surface area contributed by atoms with E-state index in [-0.39, 0.29) is 5.92 Å². The quantitative estimate of drug-likeness (QED) is 0.622. The van der Waals surface area contributed by atoms with Crippen molar-refractivity contribution in [1.82, 2.24) is 18.8 Å². The molecular formula is C16H17BrN4O2S2. The predicted octanol–water partition coefficient (Wildman–Crippen LogP) is 3.45. The van der Waals surface area contributed by atoms with Gasteiger partial charge in [0.1, 0.15) is 15.6 Å². The molecule has 4 rings (SSSR count). The summed E-state index contributed by atoms with van der Waals surface area (Å²) in [4.78, 5) is 9.16. The molecule has 0 amide bonds. The van der Waals surface area contributed by atoms with Gasteiger partial charge in [0.2, 0.25) is 0 Å². The molecule has 6 nitrogen and oxygen atoms in total. The molecule has 0 bridgehead atoms. The molecule has 132 valence electrons. The lowest BCUT2D eigenvalue weighted by atomic mass is 10.1. The van der Waals surface area contributed by atoms with Crippen molar-refractivity contribution in [2.24, 2.45) is 0 Å². The molecule has 0 radical (unpaired) electrons. The molecule has 1 saturated heterocycles. The van der Waals surface area contributed by atoms with E-state index < -0.39 is 10.0 Å². The van der Waals surface area contributed by atoms with Crippen LogP contribution in [-0.4, -0.2) is 40.3 Å². The number of hydrogen-bond donors (Lipinski definition) is 0. The highest BCUT2D eigenvalue weighted by Gasteiger charge is 2.36. The van der Waals surface area contributed by atoms with Crippen LogP contribution in [-0.2, 0) is 16.6 Å². The van der Waals surface area contributed by atoms with Crippen molar-refractivity contribution < 1.29 is 8.42 Å². The van der Waals surface area contributed by atoms with Gasteiger partial charge in [-0.2, -0.15) is 4.31 Å². The number of nitrogens with zero attached hydrogens (tertiary/aromatic N) is 4. The van der Waals surface area contributed by atoms with E-state index in [0.717, 1.165) is 33.7 Å². The minimum atomic E-state index is -3.44. The van der Waals surface area contributed by atoms with Gasteiger partial charge in [0.15, 0.2) is 5.65 Å². The van der Waals surface area contributed by atoms with Gasteiger partial charge in [-0.15, -0.1) is 11.3 Å². The summed E-state index contributed by atoms with van der Waals surface area (Å²) in [6.07, 6.45) is 2.54. The average Bonchev–Trinajstić information content (AvgIpc) is 3.32. The normalized spacial score (nSPS) is 19.0. The summed E-state index contributed by atoms with van der Waals surface area (Å²) < 4.78 is 30.5. The first kappa shape index (κ1) is 17.1. The van der Waals surface area contributed by atoms with Crippen molar-refractivity contribution in [3.63, 3.8) is 0 Å². The molecule has 1 aliphatic rings. The number of aromatic nitrogens is 3. The molecule has 3 aromatic rings. The van der Waals surface area contributed by atoms with Crippen LogP contribution < -0.4 is 0 Å². The Labute approximate surface area is 158 Å². The van der Waals surface area contributed by atoms with E-state index >= 15 is 0 Å². The third-order valence-electron chi connectivity index (χ3n) is 4.51. The molecular weight excluding hydrogens is 424 g/mol. The average molecular weight is 441 g/mol. The van der Waals surface area contributed by atoms with Crippen LogP contribution in [0.25, 0.3) is 11.2 Å². The van der Waals surface area contributed by atoms with Crippen LogP contribution in [0.5, 0.6) is 0 Å². The molecule has 9 heteroatoms. The number of aryl methyl sites for hydroxylation is 1. The summed E-state index contributed by atoms with van der Waals surface area (Å²) in [6.45, 7) is 3.81. The van der Waals surface area contributed by atoms with Gasteiger partial charge in [-0.3, -0.25) is 0 Å². The SMILES string of the molecule is CCn1c([C@H]2CCN(S(=O)(=O)c3ccc(Br)s3)C2)nc2cccnc21. The Bertz CT molecular complexity index is 1030. The molecule has 3 aromatic heterocycles. The molecule has 1 aliphatic heterocycles. The molecule has 0 N–H and O–H groups in total. The van der Waals surface area contributed by atoms with E-state index in [9.17, 15) is 8.42 Å². The third-order valence-corrected chi connectivity index (χ3v) is 8.46. The van der Waals surface area contributed by atoms with Crippen molar-refractivity contribution in [2.75, 3.05) is 13.1 Å². The molecule has 0 saturated carbocycles. The fraction of sp³-hybridized carbons (Fsp3) is 0.375. The summed E-state index contributed by atoms with van der Waals surface area (Å²) in [5.74, 6) is 1.02. The van der Waals surface area contributed by atoms with Gasteiger partial charge in [0.05, 0.1) is 3.79 Å².